The minimum Gasteiger partial charge on any atom is -0.482 e. The fourth-order valence-electron chi connectivity index (χ4n) is 2.51. The number of amides is 1. The van der Waals surface area contributed by atoms with Gasteiger partial charge in [-0.3, -0.25) is 9.59 Å². The lowest BCUT2D eigenvalue weighted by Crippen LogP contribution is -2.38. The third-order valence-electron chi connectivity index (χ3n) is 4.15. The molecule has 1 rings (SSSR count). The predicted molar refractivity (Wildman–Crippen MR) is 103 cm³/mol. The molecule has 1 amide bonds. The number of halogens is 1. The predicted octanol–water partition coefficient (Wildman–Crippen LogP) is 2.84. The maximum absolute atomic E-state index is 12.5. The first-order valence-corrected chi connectivity index (χ1v) is 9.33. The summed E-state index contributed by atoms with van der Waals surface area (Å²) in [6.07, 6.45) is 1.00. The summed E-state index contributed by atoms with van der Waals surface area (Å²) in [6.45, 7) is 7.84. The highest BCUT2D eigenvalue weighted by atomic mass is 35.5. The van der Waals surface area contributed by atoms with Crippen LogP contribution in [0, 0.1) is 0 Å². The Balaban J connectivity index is 2.58. The zero-order valence-electron chi connectivity index (χ0n) is 15.9. The van der Waals surface area contributed by atoms with Gasteiger partial charge in [-0.1, -0.05) is 37.6 Å². The number of para-hydroxylation sites is 1. The number of hydrogen-bond donors (Lipinski definition) is 0. The summed E-state index contributed by atoms with van der Waals surface area (Å²) in [5.41, 5.74) is 0. The fraction of sp³-hybridized carbons (Fsp3) is 0.579. The molecule has 0 unspecified atom stereocenters. The van der Waals surface area contributed by atoms with Crippen LogP contribution in [0.5, 0.6) is 5.75 Å². The fourth-order valence-corrected chi connectivity index (χ4v) is 2.70. The standard InChI is InChI=1S/C19H29ClN2O4/c1-4-21(5-2)12-8-13-22(14-11-19(24)25-3)18(23)15-26-17-10-7-6-9-16(17)20/h6-7,9-10H,4-5,8,11-15H2,1-3H3. The van der Waals surface area contributed by atoms with Crippen LogP contribution in [0.15, 0.2) is 24.3 Å². The van der Waals surface area contributed by atoms with E-state index < -0.39 is 0 Å². The lowest BCUT2D eigenvalue weighted by Gasteiger charge is -2.24. The van der Waals surface area contributed by atoms with E-state index in [1.165, 1.54) is 7.11 Å². The highest BCUT2D eigenvalue weighted by molar-refractivity contribution is 6.32. The van der Waals surface area contributed by atoms with Crippen molar-refractivity contribution in [3.05, 3.63) is 29.3 Å². The summed E-state index contributed by atoms with van der Waals surface area (Å²) in [4.78, 5) is 27.9. The zero-order valence-corrected chi connectivity index (χ0v) is 16.6. The Morgan fingerprint density at radius 2 is 1.77 bits per heavy atom. The van der Waals surface area contributed by atoms with Crippen LogP contribution in [-0.4, -0.2) is 68.1 Å². The number of ether oxygens (including phenoxy) is 2. The molecule has 0 aliphatic carbocycles. The molecule has 0 aliphatic rings. The molecule has 0 radical (unpaired) electrons. The van der Waals surface area contributed by atoms with Gasteiger partial charge in [-0.15, -0.1) is 0 Å². The average molecular weight is 385 g/mol. The van der Waals surface area contributed by atoms with Crippen LogP contribution in [0.2, 0.25) is 5.02 Å². The minimum atomic E-state index is -0.335. The Morgan fingerprint density at radius 1 is 1.08 bits per heavy atom. The maximum atomic E-state index is 12.5. The number of carbonyl (C=O) groups excluding carboxylic acids is 2. The first-order valence-electron chi connectivity index (χ1n) is 8.96. The first kappa shape index (κ1) is 22.3. The summed E-state index contributed by atoms with van der Waals surface area (Å²) < 4.78 is 10.2. The van der Waals surface area contributed by atoms with Gasteiger partial charge >= 0.3 is 5.97 Å². The van der Waals surface area contributed by atoms with Crippen LogP contribution in [0.4, 0.5) is 0 Å². The molecule has 0 bridgehead atoms. The molecule has 0 fully saturated rings. The van der Waals surface area contributed by atoms with Gasteiger partial charge in [0.05, 0.1) is 18.6 Å². The van der Waals surface area contributed by atoms with E-state index in [4.69, 9.17) is 16.3 Å². The van der Waals surface area contributed by atoms with E-state index in [0.29, 0.717) is 23.9 Å². The number of esters is 1. The second-order valence-electron chi connectivity index (χ2n) is 5.81. The third-order valence-corrected chi connectivity index (χ3v) is 4.46. The first-order chi connectivity index (χ1) is 12.5. The smallest absolute Gasteiger partial charge is 0.307 e. The zero-order chi connectivity index (χ0) is 19.4. The van der Waals surface area contributed by atoms with E-state index in [2.05, 4.69) is 23.5 Å². The monoisotopic (exact) mass is 384 g/mol. The number of rotatable bonds is 12. The largest absolute Gasteiger partial charge is 0.482 e. The highest BCUT2D eigenvalue weighted by Crippen LogP contribution is 2.23. The van der Waals surface area contributed by atoms with Crippen molar-refractivity contribution in [2.24, 2.45) is 0 Å². The Kier molecular flexibility index (Phi) is 10.7. The van der Waals surface area contributed by atoms with Crippen LogP contribution < -0.4 is 4.74 Å². The van der Waals surface area contributed by atoms with Crippen LogP contribution >= 0.6 is 11.6 Å². The molecule has 0 saturated heterocycles. The van der Waals surface area contributed by atoms with Crippen molar-refractivity contribution in [2.45, 2.75) is 26.7 Å². The van der Waals surface area contributed by atoms with E-state index in [9.17, 15) is 9.59 Å². The number of hydrogen-bond acceptors (Lipinski definition) is 5. The van der Waals surface area contributed by atoms with E-state index >= 15 is 0 Å². The van der Waals surface area contributed by atoms with Gasteiger partial charge in [0.25, 0.3) is 5.91 Å². The molecular formula is C19H29ClN2O4. The van der Waals surface area contributed by atoms with Crippen LogP contribution in [0.1, 0.15) is 26.7 Å². The van der Waals surface area contributed by atoms with Crippen LogP contribution in [-0.2, 0) is 14.3 Å². The third kappa shape index (κ3) is 8.06. The van der Waals surface area contributed by atoms with E-state index in [0.717, 1.165) is 26.1 Å². The quantitative estimate of drug-likeness (QED) is 0.518. The topological polar surface area (TPSA) is 59.1 Å². The van der Waals surface area contributed by atoms with Gasteiger partial charge in [0.15, 0.2) is 6.61 Å². The van der Waals surface area contributed by atoms with Gasteiger partial charge in [-0.25, -0.2) is 0 Å². The van der Waals surface area contributed by atoms with E-state index in [1.807, 2.05) is 0 Å². The maximum Gasteiger partial charge on any atom is 0.307 e. The molecule has 0 aromatic heterocycles. The molecule has 0 heterocycles. The van der Waals surface area contributed by atoms with Gasteiger partial charge in [0, 0.05) is 13.1 Å². The molecule has 7 heteroatoms. The Labute approximate surface area is 161 Å². The molecule has 0 aliphatic heterocycles. The molecule has 146 valence electrons. The summed E-state index contributed by atoms with van der Waals surface area (Å²) in [6, 6.07) is 7.02. The van der Waals surface area contributed by atoms with Gasteiger partial charge < -0.3 is 19.3 Å². The van der Waals surface area contributed by atoms with Crippen molar-refractivity contribution in [1.82, 2.24) is 9.80 Å². The molecule has 0 spiro atoms. The Bertz CT molecular complexity index is 564. The molecule has 1 aromatic carbocycles. The van der Waals surface area contributed by atoms with Crippen molar-refractivity contribution < 1.29 is 19.1 Å². The van der Waals surface area contributed by atoms with Crippen molar-refractivity contribution in [2.75, 3.05) is 46.4 Å². The molecular weight excluding hydrogens is 356 g/mol. The molecule has 6 nitrogen and oxygen atoms in total. The molecule has 0 N–H and O–H groups in total. The summed E-state index contributed by atoms with van der Waals surface area (Å²) in [7, 11) is 1.34. The Hall–Kier alpha value is -1.79. The van der Waals surface area contributed by atoms with Crippen molar-refractivity contribution in [3.63, 3.8) is 0 Å². The normalized spacial score (nSPS) is 10.7. The van der Waals surface area contributed by atoms with Gasteiger partial charge in [-0.05, 0) is 38.2 Å². The van der Waals surface area contributed by atoms with E-state index in [-0.39, 0.29) is 24.9 Å². The molecule has 1 aromatic rings. The second kappa shape index (κ2) is 12.5. The van der Waals surface area contributed by atoms with Crippen molar-refractivity contribution in [1.29, 1.82) is 0 Å². The lowest BCUT2D eigenvalue weighted by atomic mass is 10.3. The van der Waals surface area contributed by atoms with Gasteiger partial charge in [0.2, 0.25) is 0 Å². The van der Waals surface area contributed by atoms with Crippen LogP contribution in [0.3, 0.4) is 0 Å². The van der Waals surface area contributed by atoms with Gasteiger partial charge in [-0.2, -0.15) is 0 Å². The molecule has 26 heavy (non-hydrogen) atoms. The SMILES string of the molecule is CCN(CC)CCCN(CCC(=O)OC)C(=O)COc1ccccc1Cl. The average Bonchev–Trinajstić information content (AvgIpc) is 2.66. The molecule has 0 atom stereocenters. The lowest BCUT2D eigenvalue weighted by molar-refractivity contribution is -0.142. The second-order valence-corrected chi connectivity index (χ2v) is 6.21. The number of methoxy groups -OCH3 is 1. The minimum absolute atomic E-state index is 0.115. The van der Waals surface area contributed by atoms with Crippen molar-refractivity contribution in [3.8, 4) is 5.75 Å². The molecule has 0 saturated carbocycles. The number of benzene rings is 1. The van der Waals surface area contributed by atoms with Crippen molar-refractivity contribution >= 4 is 23.5 Å². The summed E-state index contributed by atoms with van der Waals surface area (Å²) >= 11 is 6.04. The Morgan fingerprint density at radius 3 is 2.38 bits per heavy atom. The van der Waals surface area contributed by atoms with E-state index in [1.54, 1.807) is 29.2 Å². The van der Waals surface area contributed by atoms with Crippen LogP contribution in [0.25, 0.3) is 0 Å². The van der Waals surface area contributed by atoms with Gasteiger partial charge in [0.1, 0.15) is 5.75 Å². The summed E-state index contributed by atoms with van der Waals surface area (Å²) in [5, 5.41) is 0.461. The number of carbonyl (C=O) groups is 2. The summed E-state index contributed by atoms with van der Waals surface area (Å²) in [5.74, 6) is -0.0366. The number of nitrogens with zero attached hydrogens (tertiary/aromatic N) is 2. The highest BCUT2D eigenvalue weighted by Gasteiger charge is 2.16.